The van der Waals surface area contributed by atoms with Crippen LogP contribution in [-0.4, -0.2) is 5.78 Å². The maximum atomic E-state index is 12.6. The fourth-order valence-corrected chi connectivity index (χ4v) is 1.28. The minimum Gasteiger partial charge on any atom is -0.398 e. The molecule has 0 saturated carbocycles. The second-order valence-electron chi connectivity index (χ2n) is 2.96. The molecule has 1 rings (SSSR count). The van der Waals surface area contributed by atoms with Crippen molar-refractivity contribution in [1.29, 1.82) is 5.26 Å². The molecule has 0 bridgehead atoms. The lowest BCUT2D eigenvalue weighted by Crippen LogP contribution is -2.05. The Balaban J connectivity index is 3.56. The molecule has 0 amide bonds. The van der Waals surface area contributed by atoms with E-state index in [0.717, 1.165) is 0 Å². The number of nitriles is 1. The van der Waals surface area contributed by atoms with Crippen molar-refractivity contribution < 1.29 is 13.6 Å². The van der Waals surface area contributed by atoms with Crippen LogP contribution in [0.5, 0.6) is 0 Å². The molecule has 5 heteroatoms. The second kappa shape index (κ2) is 4.05. The molecule has 0 fully saturated rings. The van der Waals surface area contributed by atoms with Gasteiger partial charge < -0.3 is 5.73 Å². The van der Waals surface area contributed by atoms with Gasteiger partial charge in [-0.05, 0) is 19.1 Å². The molecule has 0 spiro atoms. The monoisotopic (exact) mass is 210 g/mol. The van der Waals surface area contributed by atoms with E-state index < -0.39 is 17.8 Å². The summed E-state index contributed by atoms with van der Waals surface area (Å²) in [6.07, 6.45) is -2.86. The molecule has 15 heavy (non-hydrogen) atoms. The van der Waals surface area contributed by atoms with Gasteiger partial charge in [0.2, 0.25) is 0 Å². The Hall–Kier alpha value is -1.96. The van der Waals surface area contributed by atoms with Crippen LogP contribution in [0.15, 0.2) is 12.1 Å². The van der Waals surface area contributed by atoms with Crippen molar-refractivity contribution in [2.45, 2.75) is 13.3 Å². The summed E-state index contributed by atoms with van der Waals surface area (Å²) in [4.78, 5) is 11.1. The van der Waals surface area contributed by atoms with Crippen molar-refractivity contribution in [1.82, 2.24) is 0 Å². The maximum Gasteiger partial charge on any atom is 0.267 e. The molecule has 3 nitrogen and oxygen atoms in total. The lowest BCUT2D eigenvalue weighted by atomic mass is 9.98. The number of nitrogen functional groups attached to an aromatic ring is 1. The molecule has 0 aliphatic heterocycles. The normalized spacial score (nSPS) is 10.1. The molecule has 1 aromatic carbocycles. The van der Waals surface area contributed by atoms with Gasteiger partial charge in [-0.1, -0.05) is 0 Å². The zero-order valence-electron chi connectivity index (χ0n) is 7.92. The molecule has 0 atom stereocenters. The Labute approximate surface area is 85.1 Å². The summed E-state index contributed by atoms with van der Waals surface area (Å²) >= 11 is 0. The van der Waals surface area contributed by atoms with Crippen LogP contribution in [0, 0.1) is 11.3 Å². The zero-order chi connectivity index (χ0) is 11.6. The molecule has 2 N–H and O–H groups in total. The third kappa shape index (κ3) is 1.94. The fraction of sp³-hybridized carbons (Fsp3) is 0.200. The van der Waals surface area contributed by atoms with E-state index in [4.69, 9.17) is 11.0 Å². The topological polar surface area (TPSA) is 66.9 Å². The van der Waals surface area contributed by atoms with Crippen molar-refractivity contribution in [2.75, 3.05) is 5.73 Å². The highest BCUT2D eigenvalue weighted by Gasteiger charge is 2.21. The zero-order valence-corrected chi connectivity index (χ0v) is 7.92. The van der Waals surface area contributed by atoms with Gasteiger partial charge in [-0.15, -0.1) is 0 Å². The molecule has 0 saturated heterocycles. The highest BCUT2D eigenvalue weighted by Crippen LogP contribution is 2.30. The van der Waals surface area contributed by atoms with Crippen LogP contribution in [-0.2, 0) is 0 Å². The lowest BCUT2D eigenvalue weighted by Gasteiger charge is -2.09. The van der Waals surface area contributed by atoms with Gasteiger partial charge >= 0.3 is 0 Å². The summed E-state index contributed by atoms with van der Waals surface area (Å²) in [7, 11) is 0. The molecule has 1 aromatic rings. The summed E-state index contributed by atoms with van der Waals surface area (Å²) in [6, 6.07) is 4.07. The van der Waals surface area contributed by atoms with E-state index in [-0.39, 0.29) is 16.8 Å². The summed E-state index contributed by atoms with van der Waals surface area (Å²) in [5, 5.41) is 8.73. The molecule has 0 aliphatic rings. The van der Waals surface area contributed by atoms with Crippen LogP contribution in [0.4, 0.5) is 14.5 Å². The van der Waals surface area contributed by atoms with Gasteiger partial charge in [-0.2, -0.15) is 5.26 Å². The van der Waals surface area contributed by atoms with E-state index in [9.17, 15) is 13.6 Å². The van der Waals surface area contributed by atoms with E-state index in [2.05, 4.69) is 0 Å². The van der Waals surface area contributed by atoms with Crippen molar-refractivity contribution in [3.8, 4) is 6.07 Å². The number of nitrogens with two attached hydrogens (primary N) is 1. The Morgan fingerprint density at radius 2 is 2.13 bits per heavy atom. The van der Waals surface area contributed by atoms with Gasteiger partial charge in [-0.25, -0.2) is 8.78 Å². The molecule has 0 aromatic heterocycles. The van der Waals surface area contributed by atoms with Crippen molar-refractivity contribution in [3.05, 3.63) is 28.8 Å². The van der Waals surface area contributed by atoms with Crippen LogP contribution >= 0.6 is 0 Å². The van der Waals surface area contributed by atoms with Crippen molar-refractivity contribution in [2.24, 2.45) is 0 Å². The Morgan fingerprint density at radius 3 is 2.53 bits per heavy atom. The number of hydrogen-bond acceptors (Lipinski definition) is 3. The molecule has 0 radical (unpaired) electrons. The molecular weight excluding hydrogens is 202 g/mol. The maximum absolute atomic E-state index is 12.6. The van der Waals surface area contributed by atoms with Gasteiger partial charge in [0.1, 0.15) is 6.07 Å². The van der Waals surface area contributed by atoms with Crippen molar-refractivity contribution in [3.63, 3.8) is 0 Å². The highest BCUT2D eigenvalue weighted by atomic mass is 19.3. The number of halogens is 2. The van der Waals surface area contributed by atoms with E-state index in [0.29, 0.717) is 0 Å². The second-order valence-corrected chi connectivity index (χ2v) is 2.96. The number of Topliss-reactive ketones (excluding diaryl/α,β-unsaturated/α-hetero) is 1. The van der Waals surface area contributed by atoms with Gasteiger partial charge in [0.15, 0.2) is 5.78 Å². The van der Waals surface area contributed by atoms with Gasteiger partial charge in [-0.3, -0.25) is 4.79 Å². The number of anilines is 1. The quantitative estimate of drug-likeness (QED) is 0.601. The summed E-state index contributed by atoms with van der Waals surface area (Å²) in [5.74, 6) is -0.437. The predicted molar refractivity (Wildman–Crippen MR) is 50.5 cm³/mol. The first-order valence-electron chi connectivity index (χ1n) is 4.10. The molecule has 0 heterocycles. The molecule has 78 valence electrons. The number of ketones is 1. The number of alkyl halides is 2. The van der Waals surface area contributed by atoms with Gasteiger partial charge in [0.25, 0.3) is 6.43 Å². The molecular formula is C10H8F2N2O. The predicted octanol–water partition coefficient (Wildman–Crippen LogP) is 2.28. The first-order valence-corrected chi connectivity index (χ1v) is 4.10. The first kappa shape index (κ1) is 11.1. The third-order valence-corrected chi connectivity index (χ3v) is 1.99. The summed E-state index contributed by atoms with van der Waals surface area (Å²) < 4.78 is 25.2. The van der Waals surface area contributed by atoms with Gasteiger partial charge in [0, 0.05) is 11.3 Å². The van der Waals surface area contributed by atoms with Crippen LogP contribution < -0.4 is 5.73 Å². The third-order valence-electron chi connectivity index (χ3n) is 1.99. The Morgan fingerprint density at radius 1 is 1.53 bits per heavy atom. The number of benzene rings is 1. The lowest BCUT2D eigenvalue weighted by molar-refractivity contribution is 0.101. The van der Waals surface area contributed by atoms with Crippen LogP contribution in [0.25, 0.3) is 0 Å². The molecule has 0 unspecified atom stereocenters. The van der Waals surface area contributed by atoms with E-state index in [1.54, 1.807) is 6.07 Å². The summed E-state index contributed by atoms with van der Waals surface area (Å²) in [6.45, 7) is 1.21. The summed E-state index contributed by atoms with van der Waals surface area (Å²) in [5.41, 5.74) is 4.22. The van der Waals surface area contributed by atoms with Crippen LogP contribution in [0.1, 0.15) is 34.8 Å². The first-order chi connectivity index (χ1) is 6.99. The number of nitrogens with zero attached hydrogens (tertiary/aromatic N) is 1. The van der Waals surface area contributed by atoms with Crippen LogP contribution in [0.3, 0.4) is 0 Å². The average molecular weight is 210 g/mol. The van der Waals surface area contributed by atoms with Crippen molar-refractivity contribution >= 4 is 11.5 Å². The van der Waals surface area contributed by atoms with Crippen LogP contribution in [0.2, 0.25) is 0 Å². The van der Waals surface area contributed by atoms with E-state index in [1.807, 2.05) is 0 Å². The number of hydrogen-bond donors (Lipinski definition) is 1. The van der Waals surface area contributed by atoms with E-state index >= 15 is 0 Å². The Kier molecular flexibility index (Phi) is 3.00. The number of rotatable bonds is 2. The largest absolute Gasteiger partial charge is 0.398 e. The standard InChI is InChI=1S/C10H8F2N2O/c1-5(15)6-2-3-8(14)9(10(11)12)7(6)4-13/h2-3,10H,14H2,1H3. The minimum atomic E-state index is -2.86. The smallest absolute Gasteiger partial charge is 0.267 e. The van der Waals surface area contributed by atoms with Gasteiger partial charge in [0.05, 0.1) is 11.1 Å². The SMILES string of the molecule is CC(=O)c1ccc(N)c(C(F)F)c1C#N. The average Bonchev–Trinajstić information content (AvgIpc) is 2.15. The Bertz CT molecular complexity index is 449. The highest BCUT2D eigenvalue weighted by molar-refractivity contribution is 5.97. The van der Waals surface area contributed by atoms with E-state index in [1.165, 1.54) is 19.1 Å². The minimum absolute atomic E-state index is 0.0259. The fourth-order valence-electron chi connectivity index (χ4n) is 1.28. The number of carbonyl (C=O) groups is 1. The number of carbonyl (C=O) groups excluding carboxylic acids is 1. The molecule has 0 aliphatic carbocycles.